The number of hydrogen-bond acceptors (Lipinski definition) is 2. The first-order valence-corrected chi connectivity index (χ1v) is 3.04. The largest absolute Gasteiger partial charge is 0.397 e. The topological polar surface area (TPSA) is 54.7 Å². The molecule has 0 radical (unpaired) electrons. The molecule has 0 bridgehead atoms. The Morgan fingerprint density at radius 3 is 2.75 bits per heavy atom. The number of aromatic nitrogens is 2. The molecule has 3 N–H and O–H groups in total. The van der Waals surface area contributed by atoms with Gasteiger partial charge in [0, 0.05) is 17.8 Å². The second kappa shape index (κ2) is 4.18. The third-order valence-electron chi connectivity index (χ3n) is 1.52. The molecule has 2 rings (SSSR count). The number of pyridine rings is 1. The highest BCUT2D eigenvalue weighted by Gasteiger charge is 1.95. The number of H-pyrrole nitrogens is 1. The van der Waals surface area contributed by atoms with Crippen LogP contribution in [-0.4, -0.2) is 9.97 Å². The van der Waals surface area contributed by atoms with Gasteiger partial charge in [-0.2, -0.15) is 0 Å². The molecule has 2 heterocycles. The molecule has 0 spiro atoms. The minimum atomic E-state index is 0. The molecule has 3 nitrogen and oxygen atoms in total. The summed E-state index contributed by atoms with van der Waals surface area (Å²) in [5.74, 6) is 0. The predicted octanol–water partition coefficient (Wildman–Crippen LogP) is 1.99. The number of nitrogens with two attached hydrogens (primary N) is 1. The van der Waals surface area contributed by atoms with Gasteiger partial charge in [0.25, 0.3) is 0 Å². The van der Waals surface area contributed by atoms with E-state index < -0.39 is 0 Å². The van der Waals surface area contributed by atoms with Crippen molar-refractivity contribution in [2.24, 2.45) is 0 Å². The third-order valence-corrected chi connectivity index (χ3v) is 1.52. The molecule has 0 aliphatic heterocycles. The molecule has 2 aromatic rings. The van der Waals surface area contributed by atoms with E-state index in [-0.39, 0.29) is 24.8 Å². The number of anilines is 1. The van der Waals surface area contributed by atoms with Crippen LogP contribution in [0.4, 0.5) is 5.69 Å². The molecule has 5 heteroatoms. The van der Waals surface area contributed by atoms with E-state index in [4.69, 9.17) is 5.73 Å². The maximum Gasteiger partial charge on any atom is 0.0661 e. The average Bonchev–Trinajstić information content (AvgIpc) is 2.34. The second-order valence-corrected chi connectivity index (χ2v) is 2.17. The Morgan fingerprint density at radius 2 is 2.08 bits per heavy atom. The Bertz CT molecular complexity index is 358. The van der Waals surface area contributed by atoms with E-state index in [0.717, 1.165) is 16.6 Å². The lowest BCUT2D eigenvalue weighted by Gasteiger charge is -1.86. The minimum Gasteiger partial charge on any atom is -0.397 e. The van der Waals surface area contributed by atoms with Crippen molar-refractivity contribution >= 4 is 41.4 Å². The summed E-state index contributed by atoms with van der Waals surface area (Å²) < 4.78 is 0. The van der Waals surface area contributed by atoms with Gasteiger partial charge in [0.2, 0.25) is 0 Å². The molecule has 0 fully saturated rings. The summed E-state index contributed by atoms with van der Waals surface area (Å²) in [6, 6.07) is 1.89. The summed E-state index contributed by atoms with van der Waals surface area (Å²) in [6.45, 7) is 0. The molecular formula is C7H9Cl2N3. The van der Waals surface area contributed by atoms with E-state index in [2.05, 4.69) is 9.97 Å². The van der Waals surface area contributed by atoms with Gasteiger partial charge in [-0.25, -0.2) is 0 Å². The fraction of sp³-hybridized carbons (Fsp3) is 0. The second-order valence-electron chi connectivity index (χ2n) is 2.17. The summed E-state index contributed by atoms with van der Waals surface area (Å²) in [5.41, 5.74) is 7.38. The molecule has 12 heavy (non-hydrogen) atoms. The van der Waals surface area contributed by atoms with Crippen molar-refractivity contribution in [2.75, 3.05) is 5.73 Å². The molecule has 2 aromatic heterocycles. The van der Waals surface area contributed by atoms with Crippen molar-refractivity contribution < 1.29 is 0 Å². The van der Waals surface area contributed by atoms with Gasteiger partial charge in [-0.15, -0.1) is 24.8 Å². The quantitative estimate of drug-likeness (QED) is 0.692. The van der Waals surface area contributed by atoms with E-state index >= 15 is 0 Å². The molecule has 0 aromatic carbocycles. The normalized spacial score (nSPS) is 8.67. The Balaban J connectivity index is 0.000000605. The number of nitrogens with one attached hydrogen (secondary N) is 1. The van der Waals surface area contributed by atoms with Gasteiger partial charge in [-0.1, -0.05) is 0 Å². The number of nitrogens with zero attached hydrogens (tertiary/aromatic N) is 1. The van der Waals surface area contributed by atoms with Crippen molar-refractivity contribution in [3.05, 3.63) is 24.7 Å². The maximum absolute atomic E-state index is 5.62. The Hall–Kier alpha value is -0.930. The van der Waals surface area contributed by atoms with Crippen molar-refractivity contribution in [3.63, 3.8) is 0 Å². The molecule has 0 aliphatic carbocycles. The molecule has 0 amide bonds. The van der Waals surface area contributed by atoms with Crippen LogP contribution < -0.4 is 5.73 Å². The number of nitrogen functional groups attached to an aromatic ring is 1. The van der Waals surface area contributed by atoms with E-state index in [1.807, 2.05) is 6.07 Å². The van der Waals surface area contributed by atoms with E-state index in [0.29, 0.717) is 0 Å². The van der Waals surface area contributed by atoms with Crippen LogP contribution in [0.5, 0.6) is 0 Å². The van der Waals surface area contributed by atoms with E-state index in [1.165, 1.54) is 0 Å². The van der Waals surface area contributed by atoms with Gasteiger partial charge in [0.05, 0.1) is 17.4 Å². The highest BCUT2D eigenvalue weighted by molar-refractivity contribution is 5.90. The fourth-order valence-electron chi connectivity index (χ4n) is 0.994. The molecule has 0 saturated carbocycles. The van der Waals surface area contributed by atoms with Crippen molar-refractivity contribution in [1.82, 2.24) is 9.97 Å². The lowest BCUT2D eigenvalue weighted by Crippen LogP contribution is -1.79. The Labute approximate surface area is 82.2 Å². The Kier molecular flexibility index (Phi) is 3.86. The highest BCUT2D eigenvalue weighted by atomic mass is 35.5. The van der Waals surface area contributed by atoms with Gasteiger partial charge < -0.3 is 10.7 Å². The average molecular weight is 206 g/mol. The number of rotatable bonds is 0. The zero-order valence-electron chi connectivity index (χ0n) is 6.15. The van der Waals surface area contributed by atoms with Crippen LogP contribution in [0.3, 0.4) is 0 Å². The number of fused-ring (bicyclic) bond motifs is 1. The standard InChI is InChI=1S/C7H7N3.2ClH/c8-6-3-10-7-4-9-2-1-5(6)7;;/h1-4,10H,8H2;2*1H. The van der Waals surface area contributed by atoms with Crippen molar-refractivity contribution in [1.29, 1.82) is 0 Å². The van der Waals surface area contributed by atoms with Crippen LogP contribution in [0, 0.1) is 0 Å². The van der Waals surface area contributed by atoms with Gasteiger partial charge in [-0.05, 0) is 6.07 Å². The van der Waals surface area contributed by atoms with Crippen LogP contribution in [0.25, 0.3) is 10.9 Å². The number of aromatic amines is 1. The fourth-order valence-corrected chi connectivity index (χ4v) is 0.994. The van der Waals surface area contributed by atoms with Gasteiger partial charge in [0.1, 0.15) is 0 Å². The first-order chi connectivity index (χ1) is 4.88. The number of hydrogen-bond donors (Lipinski definition) is 2. The van der Waals surface area contributed by atoms with Crippen molar-refractivity contribution in [3.8, 4) is 0 Å². The van der Waals surface area contributed by atoms with Crippen LogP contribution >= 0.6 is 24.8 Å². The molecule has 0 aliphatic rings. The summed E-state index contributed by atoms with van der Waals surface area (Å²) in [4.78, 5) is 6.94. The summed E-state index contributed by atoms with van der Waals surface area (Å²) in [7, 11) is 0. The summed E-state index contributed by atoms with van der Waals surface area (Å²) >= 11 is 0. The molecule has 0 unspecified atom stereocenters. The molecule has 0 atom stereocenters. The minimum absolute atomic E-state index is 0. The summed E-state index contributed by atoms with van der Waals surface area (Å²) in [6.07, 6.45) is 5.25. The monoisotopic (exact) mass is 205 g/mol. The smallest absolute Gasteiger partial charge is 0.0661 e. The summed E-state index contributed by atoms with van der Waals surface area (Å²) in [5, 5.41) is 1.04. The zero-order chi connectivity index (χ0) is 6.97. The first kappa shape index (κ1) is 11.1. The lowest BCUT2D eigenvalue weighted by atomic mass is 10.3. The highest BCUT2D eigenvalue weighted by Crippen LogP contribution is 2.17. The SMILES string of the molecule is Cl.Cl.Nc1c[nH]c2cnccc12. The van der Waals surface area contributed by atoms with Gasteiger partial charge in [-0.3, -0.25) is 4.98 Å². The predicted molar refractivity (Wildman–Crippen MR) is 55.0 cm³/mol. The van der Waals surface area contributed by atoms with E-state index in [9.17, 15) is 0 Å². The number of halogens is 2. The van der Waals surface area contributed by atoms with Crippen LogP contribution in [0.2, 0.25) is 0 Å². The Morgan fingerprint density at radius 1 is 1.33 bits per heavy atom. The van der Waals surface area contributed by atoms with Gasteiger partial charge >= 0.3 is 0 Å². The van der Waals surface area contributed by atoms with Gasteiger partial charge in [0.15, 0.2) is 0 Å². The molecular weight excluding hydrogens is 197 g/mol. The molecule has 0 saturated heterocycles. The van der Waals surface area contributed by atoms with Crippen molar-refractivity contribution in [2.45, 2.75) is 0 Å². The lowest BCUT2D eigenvalue weighted by molar-refractivity contribution is 1.34. The maximum atomic E-state index is 5.62. The van der Waals surface area contributed by atoms with Crippen LogP contribution in [0.1, 0.15) is 0 Å². The van der Waals surface area contributed by atoms with E-state index in [1.54, 1.807) is 18.6 Å². The first-order valence-electron chi connectivity index (χ1n) is 3.04. The van der Waals surface area contributed by atoms with Crippen LogP contribution in [-0.2, 0) is 0 Å². The third kappa shape index (κ3) is 1.62. The zero-order valence-corrected chi connectivity index (χ0v) is 7.78. The van der Waals surface area contributed by atoms with Crippen LogP contribution in [0.15, 0.2) is 24.7 Å². The molecule has 66 valence electrons.